The SMILES string of the molecule is O=C(O)N[C@H]1CCCC[C@H]1Nc1ncc2c(C(F)F)ncc(I)c2n1. The molecule has 2 heterocycles. The average molecular weight is 463 g/mol. The van der Waals surface area contributed by atoms with Gasteiger partial charge >= 0.3 is 6.09 Å². The lowest BCUT2D eigenvalue weighted by Gasteiger charge is -2.31. The second kappa shape index (κ2) is 7.58. The number of nitrogens with zero attached hydrogens (tertiary/aromatic N) is 3. The molecule has 2 aromatic heterocycles. The first-order valence-corrected chi connectivity index (χ1v) is 8.89. The number of pyridine rings is 1. The van der Waals surface area contributed by atoms with Crippen LogP contribution in [0.15, 0.2) is 12.4 Å². The Bertz CT molecular complexity index is 792. The summed E-state index contributed by atoms with van der Waals surface area (Å²) in [5.41, 5.74) is 0.0620. The van der Waals surface area contributed by atoms with E-state index in [0.717, 1.165) is 25.7 Å². The molecule has 134 valence electrons. The van der Waals surface area contributed by atoms with Crippen molar-refractivity contribution in [2.75, 3.05) is 5.32 Å². The summed E-state index contributed by atoms with van der Waals surface area (Å²) >= 11 is 1.99. The number of carboxylic acid groups (broad SMARTS) is 1. The number of nitrogens with one attached hydrogen (secondary N) is 2. The van der Waals surface area contributed by atoms with Gasteiger partial charge in [-0.2, -0.15) is 0 Å². The zero-order valence-electron chi connectivity index (χ0n) is 13.0. The zero-order chi connectivity index (χ0) is 18.0. The second-order valence-electron chi connectivity index (χ2n) is 5.84. The van der Waals surface area contributed by atoms with Crippen LogP contribution in [0, 0.1) is 3.57 Å². The molecule has 0 bridgehead atoms. The molecule has 0 saturated heterocycles. The fourth-order valence-corrected chi connectivity index (χ4v) is 3.60. The Balaban J connectivity index is 1.88. The first-order valence-electron chi connectivity index (χ1n) is 7.81. The Hall–Kier alpha value is -1.85. The van der Waals surface area contributed by atoms with Crippen LogP contribution in [-0.2, 0) is 0 Å². The van der Waals surface area contributed by atoms with Crippen LogP contribution >= 0.6 is 22.6 Å². The van der Waals surface area contributed by atoms with Gasteiger partial charge in [0.2, 0.25) is 5.95 Å². The summed E-state index contributed by atoms with van der Waals surface area (Å²) in [6.07, 6.45) is 2.35. The fourth-order valence-electron chi connectivity index (χ4n) is 3.05. The zero-order valence-corrected chi connectivity index (χ0v) is 15.2. The molecule has 1 fully saturated rings. The number of amides is 1. The van der Waals surface area contributed by atoms with Gasteiger partial charge in [0, 0.05) is 23.8 Å². The van der Waals surface area contributed by atoms with Gasteiger partial charge in [0.05, 0.1) is 15.1 Å². The van der Waals surface area contributed by atoms with Crippen molar-refractivity contribution < 1.29 is 18.7 Å². The molecule has 0 radical (unpaired) electrons. The van der Waals surface area contributed by atoms with Gasteiger partial charge in [-0.3, -0.25) is 4.98 Å². The average Bonchev–Trinajstić information content (AvgIpc) is 2.56. The molecule has 1 amide bonds. The summed E-state index contributed by atoms with van der Waals surface area (Å²) in [5.74, 6) is 0.293. The minimum atomic E-state index is -2.70. The Morgan fingerprint density at radius 2 is 1.96 bits per heavy atom. The number of anilines is 1. The normalized spacial score (nSPS) is 20.6. The Morgan fingerprint density at radius 1 is 1.24 bits per heavy atom. The number of hydrogen-bond acceptors (Lipinski definition) is 5. The highest BCUT2D eigenvalue weighted by Gasteiger charge is 2.27. The van der Waals surface area contributed by atoms with Gasteiger partial charge in [-0.05, 0) is 35.4 Å². The molecular formula is C15H16F2IN5O2. The first kappa shape index (κ1) is 18.0. The maximum absolute atomic E-state index is 13.1. The molecule has 2 aromatic rings. The molecule has 3 N–H and O–H groups in total. The summed E-state index contributed by atoms with van der Waals surface area (Å²) in [7, 11) is 0. The smallest absolute Gasteiger partial charge is 0.404 e. The Kier molecular flexibility index (Phi) is 5.45. The Labute approximate surface area is 155 Å². The number of aromatic nitrogens is 3. The summed E-state index contributed by atoms with van der Waals surface area (Å²) in [6.45, 7) is 0. The number of rotatable bonds is 4. The van der Waals surface area contributed by atoms with Gasteiger partial charge in [0.1, 0.15) is 5.69 Å². The van der Waals surface area contributed by atoms with Crippen molar-refractivity contribution in [2.45, 2.75) is 44.2 Å². The van der Waals surface area contributed by atoms with E-state index in [1.54, 1.807) is 0 Å². The maximum Gasteiger partial charge on any atom is 0.404 e. The van der Waals surface area contributed by atoms with Gasteiger partial charge < -0.3 is 15.7 Å². The van der Waals surface area contributed by atoms with E-state index >= 15 is 0 Å². The lowest BCUT2D eigenvalue weighted by atomic mass is 9.90. The highest BCUT2D eigenvalue weighted by Crippen LogP contribution is 2.28. The van der Waals surface area contributed by atoms with Crippen LogP contribution in [0.5, 0.6) is 0 Å². The van der Waals surface area contributed by atoms with E-state index in [2.05, 4.69) is 25.6 Å². The predicted octanol–water partition coefficient (Wildman–Crippen LogP) is 3.56. The summed E-state index contributed by atoms with van der Waals surface area (Å²) < 4.78 is 26.8. The molecule has 3 rings (SSSR count). The maximum atomic E-state index is 13.1. The van der Waals surface area contributed by atoms with E-state index in [-0.39, 0.29) is 23.2 Å². The van der Waals surface area contributed by atoms with Crippen LogP contribution < -0.4 is 10.6 Å². The lowest BCUT2D eigenvalue weighted by Crippen LogP contribution is -2.48. The first-order chi connectivity index (χ1) is 12.0. The molecule has 0 unspecified atom stereocenters. The molecule has 0 aromatic carbocycles. The number of carbonyl (C=O) groups is 1. The molecule has 1 aliphatic carbocycles. The molecule has 2 atom stereocenters. The van der Waals surface area contributed by atoms with Crippen LogP contribution in [0.2, 0.25) is 0 Å². The van der Waals surface area contributed by atoms with E-state index < -0.39 is 12.5 Å². The van der Waals surface area contributed by atoms with Crippen molar-refractivity contribution in [1.29, 1.82) is 0 Å². The van der Waals surface area contributed by atoms with Crippen LogP contribution in [0.1, 0.15) is 37.8 Å². The minimum Gasteiger partial charge on any atom is -0.465 e. The van der Waals surface area contributed by atoms with Crippen molar-refractivity contribution >= 4 is 45.5 Å². The third-order valence-corrected chi connectivity index (χ3v) is 4.99. The topological polar surface area (TPSA) is 100 Å². The van der Waals surface area contributed by atoms with E-state index in [1.807, 2.05) is 22.6 Å². The van der Waals surface area contributed by atoms with Crippen LogP contribution in [-0.4, -0.2) is 38.2 Å². The van der Waals surface area contributed by atoms with Crippen LogP contribution in [0.3, 0.4) is 0 Å². The summed E-state index contributed by atoms with van der Waals surface area (Å²) in [5, 5.41) is 14.8. The highest BCUT2D eigenvalue weighted by atomic mass is 127. The van der Waals surface area contributed by atoms with Crippen LogP contribution in [0.4, 0.5) is 19.5 Å². The molecule has 1 aliphatic rings. The number of alkyl halides is 2. The minimum absolute atomic E-state index is 0.142. The highest BCUT2D eigenvalue weighted by molar-refractivity contribution is 14.1. The van der Waals surface area contributed by atoms with E-state index in [4.69, 9.17) is 5.11 Å². The molecule has 7 nitrogen and oxygen atoms in total. The van der Waals surface area contributed by atoms with Gasteiger partial charge in [0.25, 0.3) is 6.43 Å². The van der Waals surface area contributed by atoms with Crippen molar-refractivity contribution in [2.24, 2.45) is 0 Å². The van der Waals surface area contributed by atoms with Crippen molar-refractivity contribution in [1.82, 2.24) is 20.3 Å². The van der Waals surface area contributed by atoms with Crippen LogP contribution in [0.25, 0.3) is 10.9 Å². The van der Waals surface area contributed by atoms with Crippen molar-refractivity contribution in [3.63, 3.8) is 0 Å². The van der Waals surface area contributed by atoms with Gasteiger partial charge in [0.15, 0.2) is 0 Å². The molecule has 25 heavy (non-hydrogen) atoms. The lowest BCUT2D eigenvalue weighted by molar-refractivity contribution is 0.148. The molecule has 0 aliphatic heterocycles. The molecule has 10 heteroatoms. The monoisotopic (exact) mass is 463 g/mol. The number of halogens is 3. The quantitative estimate of drug-likeness (QED) is 0.600. The van der Waals surface area contributed by atoms with Gasteiger partial charge in [-0.25, -0.2) is 23.5 Å². The Morgan fingerprint density at radius 3 is 2.64 bits per heavy atom. The fraction of sp³-hybridized carbons (Fsp3) is 0.467. The van der Waals surface area contributed by atoms with Crippen molar-refractivity contribution in [3.05, 3.63) is 21.7 Å². The van der Waals surface area contributed by atoms with E-state index in [1.165, 1.54) is 12.4 Å². The molecular weight excluding hydrogens is 447 g/mol. The van der Waals surface area contributed by atoms with E-state index in [9.17, 15) is 13.6 Å². The van der Waals surface area contributed by atoms with Gasteiger partial charge in [-0.15, -0.1) is 0 Å². The van der Waals surface area contributed by atoms with Crippen molar-refractivity contribution in [3.8, 4) is 0 Å². The third-order valence-electron chi connectivity index (χ3n) is 4.20. The number of fused-ring (bicyclic) bond motifs is 1. The third kappa shape index (κ3) is 4.05. The summed E-state index contributed by atoms with van der Waals surface area (Å²) in [4.78, 5) is 23.2. The van der Waals surface area contributed by atoms with E-state index in [0.29, 0.717) is 15.0 Å². The second-order valence-corrected chi connectivity index (χ2v) is 7.00. The number of hydrogen-bond donors (Lipinski definition) is 3. The predicted molar refractivity (Wildman–Crippen MR) is 95.8 cm³/mol. The van der Waals surface area contributed by atoms with Gasteiger partial charge in [-0.1, -0.05) is 12.8 Å². The molecule has 1 saturated carbocycles. The molecule has 0 spiro atoms. The standard InChI is InChI=1S/C15H16F2IN5O2/c16-13(17)12-7-5-20-14(23-11(7)8(18)6-19-12)21-9-3-1-2-4-10(9)22-15(24)25/h5-6,9-10,13,22H,1-4H2,(H,24,25)(H,20,21,23)/t9-,10+/m1/s1. The summed E-state index contributed by atoms with van der Waals surface area (Å²) in [6, 6.07) is -0.380. The largest absolute Gasteiger partial charge is 0.465 e.